The monoisotopic (exact) mass is 146 g/mol. The third-order valence-electron chi connectivity index (χ3n) is 1.01. The van der Waals surface area contributed by atoms with E-state index in [1.807, 2.05) is 0 Å². The van der Waals surface area contributed by atoms with Crippen molar-refractivity contribution < 1.29 is 14.6 Å². The van der Waals surface area contributed by atoms with Crippen molar-refractivity contribution in [3.05, 3.63) is 12.7 Å². The van der Waals surface area contributed by atoms with Crippen LogP contribution in [0, 0.1) is 0 Å². The van der Waals surface area contributed by atoms with E-state index in [1.165, 1.54) is 0 Å². The molecule has 0 aromatic heterocycles. The quantitative estimate of drug-likeness (QED) is 0.544. The fourth-order valence-electron chi connectivity index (χ4n) is 0.544. The molecule has 0 unspecified atom stereocenters. The van der Waals surface area contributed by atoms with Crippen LogP contribution < -0.4 is 0 Å². The van der Waals surface area contributed by atoms with Crippen molar-refractivity contribution in [2.45, 2.75) is 6.10 Å². The third kappa shape index (κ3) is 4.49. The van der Waals surface area contributed by atoms with Gasteiger partial charge in [0, 0.05) is 7.11 Å². The average Bonchev–Trinajstić information content (AvgIpc) is 1.98. The fraction of sp³-hybridized carbons (Fsp3) is 0.714. The minimum atomic E-state index is -0.219. The van der Waals surface area contributed by atoms with E-state index in [0.29, 0.717) is 13.2 Å². The van der Waals surface area contributed by atoms with Gasteiger partial charge in [0.1, 0.15) is 6.10 Å². The van der Waals surface area contributed by atoms with Gasteiger partial charge in [0.2, 0.25) is 0 Å². The lowest BCUT2D eigenvalue weighted by Gasteiger charge is -2.11. The molecular formula is C7H14O3. The summed E-state index contributed by atoms with van der Waals surface area (Å²) < 4.78 is 9.86. The Bertz CT molecular complexity index is 82.9. The summed E-state index contributed by atoms with van der Waals surface area (Å²) in [5.41, 5.74) is 0. The molecule has 3 nitrogen and oxygen atoms in total. The Labute approximate surface area is 61.3 Å². The van der Waals surface area contributed by atoms with Gasteiger partial charge in [0.05, 0.1) is 19.8 Å². The lowest BCUT2D eigenvalue weighted by Crippen LogP contribution is -2.23. The number of hydrogen-bond donors (Lipinski definition) is 1. The summed E-state index contributed by atoms with van der Waals surface area (Å²) in [6.07, 6.45) is 1.42. The summed E-state index contributed by atoms with van der Waals surface area (Å²) in [4.78, 5) is 0. The zero-order valence-electron chi connectivity index (χ0n) is 6.25. The van der Waals surface area contributed by atoms with Crippen LogP contribution in [0.3, 0.4) is 0 Å². The molecule has 0 aromatic carbocycles. The van der Waals surface area contributed by atoms with E-state index in [2.05, 4.69) is 6.58 Å². The molecule has 0 saturated carbocycles. The van der Waals surface area contributed by atoms with Gasteiger partial charge in [-0.05, 0) is 0 Å². The predicted octanol–water partition coefficient (Wildman–Crippen LogP) is 0.196. The third-order valence-corrected chi connectivity index (χ3v) is 1.01. The highest BCUT2D eigenvalue weighted by atomic mass is 16.5. The average molecular weight is 146 g/mol. The smallest absolute Gasteiger partial charge is 0.104 e. The zero-order chi connectivity index (χ0) is 7.82. The molecule has 1 N–H and O–H groups in total. The van der Waals surface area contributed by atoms with Gasteiger partial charge in [-0.25, -0.2) is 0 Å². The molecule has 0 bridgehead atoms. The molecule has 0 aliphatic carbocycles. The molecule has 1 atom stereocenters. The number of aliphatic hydroxyl groups is 1. The van der Waals surface area contributed by atoms with Crippen LogP contribution in [0.25, 0.3) is 0 Å². The molecule has 0 amide bonds. The first kappa shape index (κ1) is 9.62. The van der Waals surface area contributed by atoms with Gasteiger partial charge in [0.15, 0.2) is 0 Å². The van der Waals surface area contributed by atoms with E-state index in [9.17, 15) is 0 Å². The van der Waals surface area contributed by atoms with Crippen LogP contribution >= 0.6 is 0 Å². The Hall–Kier alpha value is -0.380. The van der Waals surface area contributed by atoms with Crippen molar-refractivity contribution in [2.75, 3.05) is 26.9 Å². The van der Waals surface area contributed by atoms with E-state index in [4.69, 9.17) is 14.6 Å². The lowest BCUT2D eigenvalue weighted by atomic mass is 10.4. The molecule has 0 radical (unpaired) electrons. The van der Waals surface area contributed by atoms with Crippen molar-refractivity contribution in [1.29, 1.82) is 0 Å². The van der Waals surface area contributed by atoms with Gasteiger partial charge in [-0.15, -0.1) is 6.58 Å². The first-order chi connectivity index (χ1) is 4.85. The lowest BCUT2D eigenvalue weighted by molar-refractivity contribution is -0.0199. The van der Waals surface area contributed by atoms with E-state index < -0.39 is 0 Å². The van der Waals surface area contributed by atoms with E-state index in [0.717, 1.165) is 0 Å². The maximum Gasteiger partial charge on any atom is 0.104 e. The Balaban J connectivity index is 3.29. The molecule has 10 heavy (non-hydrogen) atoms. The highest BCUT2D eigenvalue weighted by molar-refractivity contribution is 4.66. The second-order valence-corrected chi connectivity index (χ2v) is 1.88. The van der Waals surface area contributed by atoms with Crippen molar-refractivity contribution in [2.24, 2.45) is 0 Å². The summed E-state index contributed by atoms with van der Waals surface area (Å²) in [7, 11) is 1.57. The first-order valence-electron chi connectivity index (χ1n) is 3.17. The maximum absolute atomic E-state index is 8.64. The van der Waals surface area contributed by atoms with Crippen molar-refractivity contribution in [3.63, 3.8) is 0 Å². The fourth-order valence-corrected chi connectivity index (χ4v) is 0.544. The molecule has 0 aliphatic rings. The van der Waals surface area contributed by atoms with Crippen LogP contribution in [0.2, 0.25) is 0 Å². The SMILES string of the molecule is C=CCO[C@@H](CO)COC. The van der Waals surface area contributed by atoms with Gasteiger partial charge in [-0.1, -0.05) is 6.08 Å². The minimum Gasteiger partial charge on any atom is -0.394 e. The highest BCUT2D eigenvalue weighted by Crippen LogP contribution is 1.90. The van der Waals surface area contributed by atoms with Gasteiger partial charge >= 0.3 is 0 Å². The first-order valence-corrected chi connectivity index (χ1v) is 3.17. The number of hydrogen-bond acceptors (Lipinski definition) is 3. The Morgan fingerprint density at radius 1 is 1.70 bits per heavy atom. The summed E-state index contributed by atoms with van der Waals surface area (Å²) in [6.45, 7) is 4.34. The van der Waals surface area contributed by atoms with Crippen LogP contribution in [0.15, 0.2) is 12.7 Å². The summed E-state index contributed by atoms with van der Waals surface area (Å²) in [6, 6.07) is 0. The van der Waals surface area contributed by atoms with Crippen LogP contribution in [0.5, 0.6) is 0 Å². The topological polar surface area (TPSA) is 38.7 Å². The van der Waals surface area contributed by atoms with Crippen molar-refractivity contribution >= 4 is 0 Å². The molecule has 0 aliphatic heterocycles. The summed E-state index contributed by atoms with van der Waals surface area (Å²) >= 11 is 0. The van der Waals surface area contributed by atoms with Crippen molar-refractivity contribution in [3.8, 4) is 0 Å². The molecule has 3 heteroatoms. The standard InChI is InChI=1S/C7H14O3/c1-3-4-10-7(5-8)6-9-2/h3,7-8H,1,4-6H2,2H3/t7-/m0/s1. The van der Waals surface area contributed by atoms with Crippen molar-refractivity contribution in [1.82, 2.24) is 0 Å². The van der Waals surface area contributed by atoms with E-state index >= 15 is 0 Å². The van der Waals surface area contributed by atoms with Crippen LogP contribution in [0.4, 0.5) is 0 Å². The van der Waals surface area contributed by atoms with E-state index in [-0.39, 0.29) is 12.7 Å². The van der Waals surface area contributed by atoms with Crippen LogP contribution in [-0.4, -0.2) is 38.1 Å². The van der Waals surface area contributed by atoms with Crippen LogP contribution in [-0.2, 0) is 9.47 Å². The molecule has 0 spiro atoms. The highest BCUT2D eigenvalue weighted by Gasteiger charge is 2.04. The van der Waals surface area contributed by atoms with E-state index in [1.54, 1.807) is 13.2 Å². The second-order valence-electron chi connectivity index (χ2n) is 1.88. The van der Waals surface area contributed by atoms with Gasteiger partial charge < -0.3 is 14.6 Å². The normalized spacial score (nSPS) is 13.0. The molecule has 0 saturated heterocycles. The Morgan fingerprint density at radius 2 is 2.40 bits per heavy atom. The molecular weight excluding hydrogens is 132 g/mol. The predicted molar refractivity (Wildman–Crippen MR) is 38.9 cm³/mol. The molecule has 0 aromatic rings. The summed E-state index contributed by atoms with van der Waals surface area (Å²) in [5, 5.41) is 8.64. The minimum absolute atomic E-state index is 0.0122. The number of ether oxygens (including phenoxy) is 2. The van der Waals surface area contributed by atoms with Gasteiger partial charge in [-0.2, -0.15) is 0 Å². The Kier molecular flexibility index (Phi) is 6.48. The molecule has 60 valence electrons. The zero-order valence-corrected chi connectivity index (χ0v) is 6.25. The second kappa shape index (κ2) is 6.74. The number of methoxy groups -OCH3 is 1. The number of rotatable bonds is 6. The maximum atomic E-state index is 8.64. The van der Waals surface area contributed by atoms with Gasteiger partial charge in [-0.3, -0.25) is 0 Å². The van der Waals surface area contributed by atoms with Gasteiger partial charge in [0.25, 0.3) is 0 Å². The molecule has 0 heterocycles. The molecule has 0 rings (SSSR count). The Morgan fingerprint density at radius 3 is 2.80 bits per heavy atom. The molecule has 0 fully saturated rings. The van der Waals surface area contributed by atoms with Crippen LogP contribution in [0.1, 0.15) is 0 Å². The summed E-state index contributed by atoms with van der Waals surface area (Å²) in [5.74, 6) is 0. The largest absolute Gasteiger partial charge is 0.394 e. The number of aliphatic hydroxyl groups excluding tert-OH is 1.